The van der Waals surface area contributed by atoms with Gasteiger partial charge in [0.1, 0.15) is 0 Å². The largest absolute Gasteiger partial charge is 0.272 e. The maximum atomic E-state index is 12.2. The summed E-state index contributed by atoms with van der Waals surface area (Å²) < 4.78 is 0. The molecular weight excluding hydrogens is 298 g/mol. The van der Waals surface area contributed by atoms with Crippen molar-refractivity contribution in [3.63, 3.8) is 0 Å². The molecule has 1 N–H and O–H groups in total. The van der Waals surface area contributed by atoms with E-state index in [-0.39, 0.29) is 5.91 Å². The van der Waals surface area contributed by atoms with Crippen LogP contribution in [0.5, 0.6) is 0 Å². The molecule has 1 heterocycles. The van der Waals surface area contributed by atoms with Crippen molar-refractivity contribution in [1.29, 1.82) is 0 Å². The molecule has 0 spiro atoms. The average Bonchev–Trinajstić information content (AvgIpc) is 2.67. The minimum Gasteiger partial charge on any atom is -0.267 e. The van der Waals surface area contributed by atoms with Crippen molar-refractivity contribution >= 4 is 11.6 Å². The van der Waals surface area contributed by atoms with Gasteiger partial charge in [0.25, 0.3) is 5.91 Å². The molecule has 4 nitrogen and oxygen atoms in total. The van der Waals surface area contributed by atoms with E-state index >= 15 is 0 Å². The van der Waals surface area contributed by atoms with Gasteiger partial charge in [-0.1, -0.05) is 60.7 Å². The van der Waals surface area contributed by atoms with Crippen LogP contribution in [0.3, 0.4) is 0 Å². The molecule has 0 radical (unpaired) electrons. The van der Waals surface area contributed by atoms with Crippen LogP contribution in [-0.2, 0) is 6.42 Å². The molecular formula is C20H17N3O. The smallest absolute Gasteiger partial charge is 0.267 e. The number of carbonyl (C=O) groups is 1. The lowest BCUT2D eigenvalue weighted by molar-refractivity contribution is 0.0954. The van der Waals surface area contributed by atoms with Crippen LogP contribution in [0.4, 0.5) is 0 Å². The van der Waals surface area contributed by atoms with Gasteiger partial charge in [-0.2, -0.15) is 5.10 Å². The molecule has 0 bridgehead atoms. The first kappa shape index (κ1) is 15.6. The van der Waals surface area contributed by atoms with E-state index in [1.54, 1.807) is 18.3 Å². The van der Waals surface area contributed by atoms with E-state index in [1.165, 1.54) is 6.20 Å². The van der Waals surface area contributed by atoms with Crippen LogP contribution in [-0.4, -0.2) is 16.6 Å². The molecule has 0 saturated heterocycles. The van der Waals surface area contributed by atoms with Crippen molar-refractivity contribution in [3.8, 4) is 0 Å². The molecule has 2 aromatic carbocycles. The number of hydrogen-bond acceptors (Lipinski definition) is 3. The summed E-state index contributed by atoms with van der Waals surface area (Å²) >= 11 is 0. The predicted molar refractivity (Wildman–Crippen MR) is 94.8 cm³/mol. The summed E-state index contributed by atoms with van der Waals surface area (Å²) in [5.74, 6) is -0.274. The van der Waals surface area contributed by atoms with E-state index in [9.17, 15) is 4.79 Å². The summed E-state index contributed by atoms with van der Waals surface area (Å²) in [6.45, 7) is 0. The summed E-state index contributed by atoms with van der Waals surface area (Å²) in [5.41, 5.74) is 6.03. The molecule has 0 unspecified atom stereocenters. The zero-order valence-corrected chi connectivity index (χ0v) is 13.1. The number of benzene rings is 2. The minimum atomic E-state index is -0.274. The lowest BCUT2D eigenvalue weighted by atomic mass is 10.0. The molecule has 3 aromatic rings. The third-order valence-electron chi connectivity index (χ3n) is 3.54. The highest BCUT2D eigenvalue weighted by molar-refractivity contribution is 6.03. The van der Waals surface area contributed by atoms with Crippen LogP contribution in [0, 0.1) is 0 Å². The Morgan fingerprint density at radius 1 is 0.875 bits per heavy atom. The fourth-order valence-corrected chi connectivity index (χ4v) is 2.31. The number of hydrogen-bond donors (Lipinski definition) is 1. The summed E-state index contributed by atoms with van der Waals surface area (Å²) in [6, 6.07) is 23.3. The average molecular weight is 315 g/mol. The number of carbonyl (C=O) groups excluding carboxylic acids is 1. The number of hydrazone groups is 1. The first-order valence-electron chi connectivity index (χ1n) is 7.69. The van der Waals surface area contributed by atoms with Gasteiger partial charge in [-0.3, -0.25) is 9.78 Å². The van der Waals surface area contributed by atoms with Crippen molar-refractivity contribution in [3.05, 3.63) is 102 Å². The molecule has 0 aliphatic heterocycles. The Morgan fingerprint density at radius 3 is 2.21 bits per heavy atom. The summed E-state index contributed by atoms with van der Waals surface area (Å²) in [4.78, 5) is 16.1. The monoisotopic (exact) mass is 315 g/mol. The molecule has 0 fully saturated rings. The first-order valence-corrected chi connectivity index (χ1v) is 7.69. The summed E-state index contributed by atoms with van der Waals surface area (Å²) in [7, 11) is 0. The minimum absolute atomic E-state index is 0.274. The second kappa shape index (κ2) is 7.83. The second-order valence-electron chi connectivity index (χ2n) is 5.27. The Labute approximate surface area is 140 Å². The van der Waals surface area contributed by atoms with E-state index in [0.29, 0.717) is 12.0 Å². The Hall–Kier alpha value is -3.27. The number of nitrogens with one attached hydrogen (secondary N) is 1. The summed E-state index contributed by atoms with van der Waals surface area (Å²) in [6.07, 6.45) is 3.78. The quantitative estimate of drug-likeness (QED) is 0.579. The Morgan fingerprint density at radius 2 is 1.54 bits per heavy atom. The zero-order valence-electron chi connectivity index (χ0n) is 13.1. The van der Waals surface area contributed by atoms with E-state index in [0.717, 1.165) is 16.8 Å². The number of nitrogens with zero attached hydrogens (tertiary/aromatic N) is 2. The van der Waals surface area contributed by atoms with Gasteiger partial charge in [0.05, 0.1) is 11.3 Å². The SMILES string of the molecule is O=C(NN=C(Cc1ccccc1)c1ccccc1)c1cccnc1. The van der Waals surface area contributed by atoms with Gasteiger partial charge >= 0.3 is 0 Å². The predicted octanol–water partition coefficient (Wildman–Crippen LogP) is 3.46. The molecule has 0 aliphatic carbocycles. The van der Waals surface area contributed by atoms with Crippen LogP contribution in [0.15, 0.2) is 90.3 Å². The van der Waals surface area contributed by atoms with Gasteiger partial charge in [0, 0.05) is 18.8 Å². The molecule has 1 aromatic heterocycles. The molecule has 0 saturated carbocycles. The molecule has 3 rings (SSSR count). The molecule has 1 amide bonds. The standard InChI is InChI=1S/C20H17N3O/c24-20(18-12-7-13-21-15-18)23-22-19(17-10-5-2-6-11-17)14-16-8-3-1-4-9-16/h1-13,15H,14H2,(H,23,24). The normalized spacial score (nSPS) is 11.1. The maximum absolute atomic E-state index is 12.2. The van der Waals surface area contributed by atoms with Crippen LogP contribution < -0.4 is 5.43 Å². The molecule has 0 atom stereocenters. The number of rotatable bonds is 5. The Kier molecular flexibility index (Phi) is 5.10. The van der Waals surface area contributed by atoms with Crippen molar-refractivity contribution < 1.29 is 4.79 Å². The van der Waals surface area contributed by atoms with Crippen LogP contribution >= 0.6 is 0 Å². The maximum Gasteiger partial charge on any atom is 0.272 e. The van der Waals surface area contributed by atoms with Gasteiger partial charge < -0.3 is 0 Å². The van der Waals surface area contributed by atoms with Crippen LogP contribution in [0.25, 0.3) is 0 Å². The van der Waals surface area contributed by atoms with Gasteiger partial charge in [-0.15, -0.1) is 0 Å². The number of amides is 1. The number of aromatic nitrogens is 1. The van der Waals surface area contributed by atoms with Gasteiger partial charge in [0.2, 0.25) is 0 Å². The van der Waals surface area contributed by atoms with Crippen LogP contribution in [0.1, 0.15) is 21.5 Å². The Balaban J connectivity index is 1.83. The first-order chi connectivity index (χ1) is 11.8. The number of pyridine rings is 1. The van der Waals surface area contributed by atoms with Crippen LogP contribution in [0.2, 0.25) is 0 Å². The molecule has 4 heteroatoms. The highest BCUT2D eigenvalue weighted by atomic mass is 16.2. The van der Waals surface area contributed by atoms with Gasteiger partial charge in [-0.25, -0.2) is 5.43 Å². The van der Waals surface area contributed by atoms with E-state index < -0.39 is 0 Å². The Bertz CT molecular complexity index is 815. The van der Waals surface area contributed by atoms with Crippen molar-refractivity contribution in [2.75, 3.05) is 0 Å². The molecule has 0 aliphatic rings. The fourth-order valence-electron chi connectivity index (χ4n) is 2.31. The lowest BCUT2D eigenvalue weighted by Crippen LogP contribution is -2.21. The van der Waals surface area contributed by atoms with Crippen molar-refractivity contribution in [2.24, 2.45) is 5.10 Å². The topological polar surface area (TPSA) is 54.4 Å². The molecule has 24 heavy (non-hydrogen) atoms. The van der Waals surface area contributed by atoms with E-state index in [2.05, 4.69) is 15.5 Å². The van der Waals surface area contributed by atoms with E-state index in [1.807, 2.05) is 60.7 Å². The molecule has 118 valence electrons. The third kappa shape index (κ3) is 4.14. The fraction of sp³-hybridized carbons (Fsp3) is 0.0500. The van der Waals surface area contributed by atoms with Crippen molar-refractivity contribution in [2.45, 2.75) is 6.42 Å². The van der Waals surface area contributed by atoms with E-state index in [4.69, 9.17) is 0 Å². The third-order valence-corrected chi connectivity index (χ3v) is 3.54. The van der Waals surface area contributed by atoms with Crippen molar-refractivity contribution in [1.82, 2.24) is 10.4 Å². The lowest BCUT2D eigenvalue weighted by Gasteiger charge is -2.08. The zero-order chi connectivity index (χ0) is 16.6. The highest BCUT2D eigenvalue weighted by Gasteiger charge is 2.08. The summed E-state index contributed by atoms with van der Waals surface area (Å²) in [5, 5.41) is 4.35. The van der Waals surface area contributed by atoms with Gasteiger partial charge in [0.15, 0.2) is 0 Å². The van der Waals surface area contributed by atoms with Gasteiger partial charge in [-0.05, 0) is 23.3 Å². The highest BCUT2D eigenvalue weighted by Crippen LogP contribution is 2.08. The second-order valence-corrected chi connectivity index (χ2v) is 5.27.